The maximum atomic E-state index is 4.44. The number of aromatic nitrogens is 2. The number of aryl methyl sites for hydroxylation is 1. The van der Waals surface area contributed by atoms with E-state index in [1.807, 2.05) is 10.9 Å². The lowest BCUT2D eigenvalue weighted by Crippen LogP contribution is -2.19. The van der Waals surface area contributed by atoms with Crippen molar-refractivity contribution in [2.24, 2.45) is 0 Å². The molecule has 0 aliphatic heterocycles. The number of benzene rings is 1. The molecule has 1 aromatic carbocycles. The zero-order chi connectivity index (χ0) is 14.5. The van der Waals surface area contributed by atoms with Crippen LogP contribution in [0.1, 0.15) is 44.5 Å². The number of nitrogens with zero attached hydrogens (tertiary/aromatic N) is 2. The van der Waals surface area contributed by atoms with E-state index in [0.29, 0.717) is 6.04 Å². The molecule has 0 saturated carbocycles. The Morgan fingerprint density at radius 3 is 2.65 bits per heavy atom. The molecule has 2 rings (SSSR count). The standard InChI is InChI=1S/C17H25N3/c1-5-17(18-6-2)15-10-8-9-14(11-15)16-12-19-20(7-3)13(16)4/h8-12,17-18H,5-7H2,1-4H3. The summed E-state index contributed by atoms with van der Waals surface area (Å²) in [5.74, 6) is 0. The molecule has 1 heterocycles. The number of rotatable bonds is 6. The molecule has 1 N–H and O–H groups in total. The van der Waals surface area contributed by atoms with E-state index in [0.717, 1.165) is 19.5 Å². The van der Waals surface area contributed by atoms with Crippen molar-refractivity contribution in [3.8, 4) is 11.1 Å². The zero-order valence-corrected chi connectivity index (χ0v) is 13.0. The number of hydrogen-bond acceptors (Lipinski definition) is 2. The second-order valence-electron chi connectivity index (χ2n) is 5.10. The van der Waals surface area contributed by atoms with E-state index < -0.39 is 0 Å². The Labute approximate surface area is 122 Å². The number of nitrogens with one attached hydrogen (secondary N) is 1. The smallest absolute Gasteiger partial charge is 0.0571 e. The third kappa shape index (κ3) is 2.93. The Morgan fingerprint density at radius 2 is 2.05 bits per heavy atom. The Bertz CT molecular complexity index is 557. The second kappa shape index (κ2) is 6.71. The summed E-state index contributed by atoms with van der Waals surface area (Å²) < 4.78 is 2.05. The summed E-state index contributed by atoms with van der Waals surface area (Å²) in [5, 5.41) is 7.98. The van der Waals surface area contributed by atoms with Crippen molar-refractivity contribution < 1.29 is 0 Å². The predicted molar refractivity (Wildman–Crippen MR) is 84.8 cm³/mol. The molecule has 0 bridgehead atoms. The van der Waals surface area contributed by atoms with Crippen molar-refractivity contribution in [1.29, 1.82) is 0 Å². The monoisotopic (exact) mass is 271 g/mol. The molecule has 1 aromatic heterocycles. The predicted octanol–water partition coefficient (Wildman–Crippen LogP) is 3.94. The van der Waals surface area contributed by atoms with Crippen LogP contribution in [-0.4, -0.2) is 16.3 Å². The number of hydrogen-bond donors (Lipinski definition) is 1. The van der Waals surface area contributed by atoms with Gasteiger partial charge in [-0.15, -0.1) is 0 Å². The molecule has 1 atom stereocenters. The zero-order valence-electron chi connectivity index (χ0n) is 13.0. The van der Waals surface area contributed by atoms with Crippen LogP contribution >= 0.6 is 0 Å². The highest BCUT2D eigenvalue weighted by molar-refractivity contribution is 5.66. The van der Waals surface area contributed by atoms with Crippen LogP contribution in [0, 0.1) is 6.92 Å². The van der Waals surface area contributed by atoms with Gasteiger partial charge in [0.05, 0.1) is 6.20 Å². The second-order valence-corrected chi connectivity index (χ2v) is 5.10. The van der Waals surface area contributed by atoms with Gasteiger partial charge >= 0.3 is 0 Å². The minimum absolute atomic E-state index is 0.432. The molecule has 0 radical (unpaired) electrons. The SMILES string of the molecule is CCNC(CC)c1cccc(-c2cnn(CC)c2C)c1. The third-order valence-electron chi connectivity index (χ3n) is 3.86. The molecule has 3 nitrogen and oxygen atoms in total. The fraction of sp³-hybridized carbons (Fsp3) is 0.471. The first-order chi connectivity index (χ1) is 9.71. The van der Waals surface area contributed by atoms with E-state index >= 15 is 0 Å². The summed E-state index contributed by atoms with van der Waals surface area (Å²) >= 11 is 0. The van der Waals surface area contributed by atoms with Crippen LogP contribution in [0.25, 0.3) is 11.1 Å². The van der Waals surface area contributed by atoms with Gasteiger partial charge in [-0.25, -0.2) is 0 Å². The van der Waals surface area contributed by atoms with E-state index in [9.17, 15) is 0 Å². The van der Waals surface area contributed by atoms with Crippen LogP contribution in [0.15, 0.2) is 30.5 Å². The summed E-state index contributed by atoms with van der Waals surface area (Å²) in [6, 6.07) is 9.25. The first kappa shape index (κ1) is 14.8. The minimum atomic E-state index is 0.432. The van der Waals surface area contributed by atoms with Crippen LogP contribution < -0.4 is 5.32 Å². The summed E-state index contributed by atoms with van der Waals surface area (Å²) in [5.41, 5.74) is 5.09. The van der Waals surface area contributed by atoms with Crippen LogP contribution in [0.2, 0.25) is 0 Å². The van der Waals surface area contributed by atoms with Crippen LogP contribution in [0.5, 0.6) is 0 Å². The Kier molecular flexibility index (Phi) is 4.96. The van der Waals surface area contributed by atoms with Gasteiger partial charge in [-0.05, 0) is 44.0 Å². The summed E-state index contributed by atoms with van der Waals surface area (Å²) in [6.45, 7) is 10.6. The van der Waals surface area contributed by atoms with E-state index in [1.54, 1.807) is 0 Å². The fourth-order valence-electron chi connectivity index (χ4n) is 2.72. The molecule has 0 aliphatic rings. The van der Waals surface area contributed by atoms with E-state index in [-0.39, 0.29) is 0 Å². The van der Waals surface area contributed by atoms with E-state index in [2.05, 4.69) is 62.4 Å². The maximum absolute atomic E-state index is 4.44. The molecule has 0 amide bonds. The van der Waals surface area contributed by atoms with Crippen molar-refractivity contribution in [2.75, 3.05) is 6.54 Å². The van der Waals surface area contributed by atoms with Gasteiger partial charge < -0.3 is 5.32 Å². The first-order valence-electron chi connectivity index (χ1n) is 7.57. The lowest BCUT2D eigenvalue weighted by atomic mass is 9.98. The highest BCUT2D eigenvalue weighted by Crippen LogP contribution is 2.26. The van der Waals surface area contributed by atoms with Gasteiger partial charge in [-0.3, -0.25) is 4.68 Å². The fourth-order valence-corrected chi connectivity index (χ4v) is 2.72. The van der Waals surface area contributed by atoms with Crippen LogP contribution in [0.3, 0.4) is 0 Å². The molecule has 20 heavy (non-hydrogen) atoms. The molecule has 0 fully saturated rings. The van der Waals surface area contributed by atoms with Gasteiger partial charge in [0.25, 0.3) is 0 Å². The largest absolute Gasteiger partial charge is 0.310 e. The maximum Gasteiger partial charge on any atom is 0.0571 e. The molecule has 2 aromatic rings. The molecule has 0 spiro atoms. The highest BCUT2D eigenvalue weighted by atomic mass is 15.3. The van der Waals surface area contributed by atoms with Crippen LogP contribution in [0.4, 0.5) is 0 Å². The molecule has 3 heteroatoms. The molecule has 0 aliphatic carbocycles. The van der Waals surface area contributed by atoms with Crippen molar-refractivity contribution in [3.05, 3.63) is 41.7 Å². The van der Waals surface area contributed by atoms with E-state index in [1.165, 1.54) is 22.4 Å². The van der Waals surface area contributed by atoms with Crippen molar-refractivity contribution in [1.82, 2.24) is 15.1 Å². The topological polar surface area (TPSA) is 29.9 Å². The molecule has 0 saturated heterocycles. The molecule has 108 valence electrons. The van der Waals surface area contributed by atoms with Crippen molar-refractivity contribution >= 4 is 0 Å². The summed E-state index contributed by atoms with van der Waals surface area (Å²) in [6.07, 6.45) is 3.08. The molecular formula is C17H25N3. The normalized spacial score (nSPS) is 12.6. The lowest BCUT2D eigenvalue weighted by Gasteiger charge is -2.17. The van der Waals surface area contributed by atoms with Gasteiger partial charge in [0.1, 0.15) is 0 Å². The Balaban J connectivity index is 2.35. The Hall–Kier alpha value is -1.61. The Morgan fingerprint density at radius 1 is 1.25 bits per heavy atom. The van der Waals surface area contributed by atoms with Gasteiger partial charge in [0.15, 0.2) is 0 Å². The average Bonchev–Trinajstić information content (AvgIpc) is 2.85. The van der Waals surface area contributed by atoms with Gasteiger partial charge in [-0.1, -0.05) is 32.0 Å². The average molecular weight is 271 g/mol. The third-order valence-corrected chi connectivity index (χ3v) is 3.86. The van der Waals surface area contributed by atoms with Crippen LogP contribution in [-0.2, 0) is 6.54 Å². The van der Waals surface area contributed by atoms with Crippen molar-refractivity contribution in [3.63, 3.8) is 0 Å². The van der Waals surface area contributed by atoms with Gasteiger partial charge in [-0.2, -0.15) is 5.10 Å². The van der Waals surface area contributed by atoms with Gasteiger partial charge in [0.2, 0.25) is 0 Å². The first-order valence-corrected chi connectivity index (χ1v) is 7.57. The molecular weight excluding hydrogens is 246 g/mol. The summed E-state index contributed by atoms with van der Waals surface area (Å²) in [4.78, 5) is 0. The highest BCUT2D eigenvalue weighted by Gasteiger charge is 2.11. The minimum Gasteiger partial charge on any atom is -0.310 e. The quantitative estimate of drug-likeness (QED) is 0.862. The van der Waals surface area contributed by atoms with Gasteiger partial charge in [0, 0.05) is 23.8 Å². The van der Waals surface area contributed by atoms with Crippen molar-refractivity contribution in [2.45, 2.75) is 46.7 Å². The molecule has 1 unspecified atom stereocenters. The summed E-state index contributed by atoms with van der Waals surface area (Å²) in [7, 11) is 0. The lowest BCUT2D eigenvalue weighted by molar-refractivity contribution is 0.537. The van der Waals surface area contributed by atoms with E-state index in [4.69, 9.17) is 0 Å².